The molecule has 0 saturated heterocycles. The number of hydrogen-bond donors (Lipinski definition) is 1. The second kappa shape index (κ2) is 5.78. The molecule has 120 valence electrons. The first-order valence-electron chi connectivity index (χ1n) is 8.06. The molecule has 4 nitrogen and oxygen atoms in total. The van der Waals surface area contributed by atoms with Crippen molar-refractivity contribution in [2.24, 2.45) is 0 Å². The third kappa shape index (κ3) is 2.53. The van der Waals surface area contributed by atoms with Gasteiger partial charge in [-0.05, 0) is 42.7 Å². The van der Waals surface area contributed by atoms with Crippen LogP contribution < -0.4 is 19.5 Å². The Kier molecular flexibility index (Phi) is 3.62. The maximum absolute atomic E-state index is 5.77. The van der Waals surface area contributed by atoms with Crippen molar-refractivity contribution in [3.8, 4) is 17.2 Å². The summed E-state index contributed by atoms with van der Waals surface area (Å²) in [5, 5.41) is 3.62. The predicted octanol–water partition coefficient (Wildman–Crippen LogP) is 3.01. The van der Waals surface area contributed by atoms with Crippen LogP contribution in [0.1, 0.15) is 28.3 Å². The van der Waals surface area contributed by atoms with Crippen molar-refractivity contribution in [3.05, 3.63) is 52.6 Å². The molecule has 0 radical (unpaired) electrons. The SMILES string of the molecule is COc1ccc(C)cc1C1NCCc2cc3c(cc21)OCCO3. The van der Waals surface area contributed by atoms with E-state index in [1.807, 2.05) is 6.07 Å². The van der Waals surface area contributed by atoms with Crippen LogP contribution in [0.4, 0.5) is 0 Å². The number of nitrogens with one attached hydrogen (secondary N) is 1. The normalized spacial score (nSPS) is 19.1. The van der Waals surface area contributed by atoms with Crippen molar-refractivity contribution in [1.82, 2.24) is 5.32 Å². The fraction of sp³-hybridized carbons (Fsp3) is 0.368. The van der Waals surface area contributed by atoms with Crippen molar-refractivity contribution in [2.45, 2.75) is 19.4 Å². The molecule has 0 fully saturated rings. The highest BCUT2D eigenvalue weighted by Gasteiger charge is 2.27. The van der Waals surface area contributed by atoms with Crippen LogP contribution in [-0.4, -0.2) is 26.9 Å². The summed E-state index contributed by atoms with van der Waals surface area (Å²) in [6.45, 7) is 4.28. The Hall–Kier alpha value is -2.20. The van der Waals surface area contributed by atoms with Crippen LogP contribution in [-0.2, 0) is 6.42 Å². The molecule has 1 atom stereocenters. The maximum atomic E-state index is 5.77. The molecule has 2 heterocycles. The molecule has 2 aromatic carbocycles. The summed E-state index contributed by atoms with van der Waals surface area (Å²) in [6.07, 6.45) is 0.997. The maximum Gasteiger partial charge on any atom is 0.161 e. The van der Waals surface area contributed by atoms with E-state index in [1.54, 1.807) is 7.11 Å². The summed E-state index contributed by atoms with van der Waals surface area (Å²) < 4.78 is 17.1. The minimum absolute atomic E-state index is 0.115. The van der Waals surface area contributed by atoms with E-state index in [-0.39, 0.29) is 6.04 Å². The van der Waals surface area contributed by atoms with E-state index in [1.165, 1.54) is 22.3 Å². The first kappa shape index (κ1) is 14.4. The van der Waals surface area contributed by atoms with Gasteiger partial charge in [0.2, 0.25) is 0 Å². The largest absolute Gasteiger partial charge is 0.496 e. The van der Waals surface area contributed by atoms with Crippen LogP contribution in [0.2, 0.25) is 0 Å². The van der Waals surface area contributed by atoms with Crippen molar-refractivity contribution >= 4 is 0 Å². The van der Waals surface area contributed by atoms with Crippen molar-refractivity contribution in [1.29, 1.82) is 0 Å². The molecular weight excluding hydrogens is 290 g/mol. The zero-order valence-electron chi connectivity index (χ0n) is 13.5. The molecule has 0 bridgehead atoms. The predicted molar refractivity (Wildman–Crippen MR) is 88.7 cm³/mol. The monoisotopic (exact) mass is 311 g/mol. The topological polar surface area (TPSA) is 39.7 Å². The first-order valence-corrected chi connectivity index (χ1v) is 8.06. The number of fused-ring (bicyclic) bond motifs is 2. The van der Waals surface area contributed by atoms with Crippen molar-refractivity contribution in [3.63, 3.8) is 0 Å². The lowest BCUT2D eigenvalue weighted by Gasteiger charge is -2.30. The molecule has 4 heteroatoms. The molecule has 0 saturated carbocycles. The molecule has 2 aliphatic rings. The Bertz CT molecular complexity index is 742. The average molecular weight is 311 g/mol. The summed E-state index contributed by atoms with van der Waals surface area (Å²) in [5.41, 5.74) is 4.98. The quantitative estimate of drug-likeness (QED) is 0.925. The number of methoxy groups -OCH3 is 1. The number of hydrogen-bond acceptors (Lipinski definition) is 4. The highest BCUT2D eigenvalue weighted by Crippen LogP contribution is 2.40. The van der Waals surface area contributed by atoms with Gasteiger partial charge in [0, 0.05) is 12.1 Å². The molecule has 0 spiro atoms. The molecule has 0 aromatic heterocycles. The average Bonchev–Trinajstić information content (AvgIpc) is 2.59. The van der Waals surface area contributed by atoms with Gasteiger partial charge in [0.1, 0.15) is 19.0 Å². The lowest BCUT2D eigenvalue weighted by molar-refractivity contribution is 0.171. The van der Waals surface area contributed by atoms with Gasteiger partial charge < -0.3 is 19.5 Å². The van der Waals surface area contributed by atoms with E-state index in [4.69, 9.17) is 14.2 Å². The van der Waals surface area contributed by atoms with Crippen LogP contribution in [0.25, 0.3) is 0 Å². The van der Waals surface area contributed by atoms with Gasteiger partial charge in [-0.3, -0.25) is 0 Å². The Labute approximate surface area is 136 Å². The van der Waals surface area contributed by atoms with E-state index in [0.29, 0.717) is 13.2 Å². The second-order valence-corrected chi connectivity index (χ2v) is 6.08. The Morgan fingerprint density at radius 3 is 2.61 bits per heavy atom. The lowest BCUT2D eigenvalue weighted by Crippen LogP contribution is -2.31. The summed E-state index contributed by atoms with van der Waals surface area (Å²) >= 11 is 0. The Morgan fingerprint density at radius 2 is 1.83 bits per heavy atom. The van der Waals surface area contributed by atoms with E-state index < -0.39 is 0 Å². The van der Waals surface area contributed by atoms with E-state index >= 15 is 0 Å². The van der Waals surface area contributed by atoms with E-state index in [2.05, 4.69) is 36.5 Å². The van der Waals surface area contributed by atoms with Crippen LogP contribution >= 0.6 is 0 Å². The van der Waals surface area contributed by atoms with Crippen LogP contribution in [0.5, 0.6) is 17.2 Å². The van der Waals surface area contributed by atoms with E-state index in [0.717, 1.165) is 30.2 Å². The molecule has 1 unspecified atom stereocenters. The minimum Gasteiger partial charge on any atom is -0.496 e. The third-order valence-corrected chi connectivity index (χ3v) is 4.55. The van der Waals surface area contributed by atoms with Gasteiger partial charge in [0.25, 0.3) is 0 Å². The van der Waals surface area contributed by atoms with Gasteiger partial charge in [-0.15, -0.1) is 0 Å². The summed E-state index contributed by atoms with van der Waals surface area (Å²) in [7, 11) is 1.72. The van der Waals surface area contributed by atoms with Gasteiger partial charge in [0.15, 0.2) is 11.5 Å². The van der Waals surface area contributed by atoms with Crippen LogP contribution in [0.15, 0.2) is 30.3 Å². The molecule has 23 heavy (non-hydrogen) atoms. The molecule has 1 N–H and O–H groups in total. The van der Waals surface area contributed by atoms with Gasteiger partial charge >= 0.3 is 0 Å². The third-order valence-electron chi connectivity index (χ3n) is 4.55. The van der Waals surface area contributed by atoms with Gasteiger partial charge in [-0.2, -0.15) is 0 Å². The fourth-order valence-corrected chi connectivity index (χ4v) is 3.45. The Balaban J connectivity index is 1.83. The van der Waals surface area contributed by atoms with Gasteiger partial charge in [0.05, 0.1) is 13.2 Å². The smallest absolute Gasteiger partial charge is 0.161 e. The number of benzene rings is 2. The van der Waals surface area contributed by atoms with Crippen LogP contribution in [0.3, 0.4) is 0 Å². The lowest BCUT2D eigenvalue weighted by atomic mass is 9.88. The number of aryl methyl sites for hydroxylation is 1. The molecule has 2 aromatic rings. The van der Waals surface area contributed by atoms with Crippen molar-refractivity contribution < 1.29 is 14.2 Å². The molecule has 0 aliphatic carbocycles. The fourth-order valence-electron chi connectivity index (χ4n) is 3.45. The number of rotatable bonds is 2. The summed E-state index contributed by atoms with van der Waals surface area (Å²) in [4.78, 5) is 0. The molecular formula is C19H21NO3. The highest BCUT2D eigenvalue weighted by molar-refractivity contribution is 5.54. The highest BCUT2D eigenvalue weighted by atomic mass is 16.6. The molecule has 0 amide bonds. The van der Waals surface area contributed by atoms with Crippen molar-refractivity contribution in [2.75, 3.05) is 26.9 Å². The minimum atomic E-state index is 0.115. The summed E-state index contributed by atoms with van der Waals surface area (Å²) in [6, 6.07) is 10.7. The molecule has 2 aliphatic heterocycles. The standard InChI is InChI=1S/C19H21NO3/c1-12-3-4-16(21-2)15(9-12)19-14-11-18-17(22-7-8-23-18)10-13(14)5-6-20-19/h3-4,9-11,19-20H,5-8H2,1-2H3. The Morgan fingerprint density at radius 1 is 1.04 bits per heavy atom. The van der Waals surface area contributed by atoms with Gasteiger partial charge in [-0.1, -0.05) is 17.7 Å². The van der Waals surface area contributed by atoms with E-state index in [9.17, 15) is 0 Å². The molecule has 4 rings (SSSR count). The zero-order valence-corrected chi connectivity index (χ0v) is 13.5. The first-order chi connectivity index (χ1) is 11.3. The summed E-state index contributed by atoms with van der Waals surface area (Å²) in [5.74, 6) is 2.62. The zero-order chi connectivity index (χ0) is 15.8. The van der Waals surface area contributed by atoms with Gasteiger partial charge in [-0.25, -0.2) is 0 Å². The second-order valence-electron chi connectivity index (χ2n) is 6.08. The van der Waals surface area contributed by atoms with Crippen LogP contribution in [0, 0.1) is 6.92 Å². The number of ether oxygens (including phenoxy) is 3.